The van der Waals surface area contributed by atoms with Gasteiger partial charge in [0.05, 0.1) is 0 Å². The van der Waals surface area contributed by atoms with Crippen molar-refractivity contribution >= 4 is 23.7 Å². The van der Waals surface area contributed by atoms with E-state index in [1.54, 1.807) is 23.9 Å². The van der Waals surface area contributed by atoms with E-state index in [9.17, 15) is 14.0 Å². The van der Waals surface area contributed by atoms with Crippen LogP contribution in [0.4, 0.5) is 9.18 Å². The van der Waals surface area contributed by atoms with E-state index in [1.165, 1.54) is 31.4 Å². The molecule has 1 fully saturated rings. The summed E-state index contributed by atoms with van der Waals surface area (Å²) in [6, 6.07) is 6.49. The molecule has 7 heteroatoms. The lowest BCUT2D eigenvalue weighted by molar-refractivity contribution is -0.120. The van der Waals surface area contributed by atoms with E-state index in [4.69, 9.17) is 0 Å². The highest BCUT2D eigenvalue weighted by Gasteiger charge is 2.15. The number of carbonyl (C=O) groups is 2. The number of hydrogen-bond donors (Lipinski definition) is 3. The van der Waals surface area contributed by atoms with Crippen molar-refractivity contribution in [2.45, 2.75) is 55.9 Å². The average Bonchev–Trinajstić information content (AvgIpc) is 2.64. The van der Waals surface area contributed by atoms with E-state index in [0.29, 0.717) is 13.1 Å². The number of urea groups is 1. The molecule has 26 heavy (non-hydrogen) atoms. The molecule has 1 saturated carbocycles. The zero-order valence-electron chi connectivity index (χ0n) is 15.1. The van der Waals surface area contributed by atoms with Gasteiger partial charge in [0, 0.05) is 30.4 Å². The molecule has 5 nitrogen and oxygen atoms in total. The lowest BCUT2D eigenvalue weighted by atomic mass is 9.96. The summed E-state index contributed by atoms with van der Waals surface area (Å²) in [7, 11) is 0. The normalized spacial score (nSPS) is 14.7. The van der Waals surface area contributed by atoms with Crippen LogP contribution in [0.15, 0.2) is 29.2 Å². The van der Waals surface area contributed by atoms with E-state index in [2.05, 4.69) is 16.0 Å². The Morgan fingerprint density at radius 1 is 1.04 bits per heavy atom. The number of carbonyl (C=O) groups excluding carboxylic acids is 2. The fraction of sp³-hybridized carbons (Fsp3) is 0.579. The number of hydrogen-bond acceptors (Lipinski definition) is 3. The molecule has 0 spiro atoms. The smallest absolute Gasteiger partial charge is 0.315 e. The molecule has 0 radical (unpaired) electrons. The molecule has 0 aliphatic heterocycles. The molecule has 0 atom stereocenters. The van der Waals surface area contributed by atoms with E-state index < -0.39 is 0 Å². The first kappa shape index (κ1) is 20.6. The van der Waals surface area contributed by atoms with E-state index in [-0.39, 0.29) is 30.2 Å². The summed E-state index contributed by atoms with van der Waals surface area (Å²) in [5.41, 5.74) is 0. The lowest BCUT2D eigenvalue weighted by Gasteiger charge is -2.22. The molecule has 3 N–H and O–H groups in total. The van der Waals surface area contributed by atoms with Crippen molar-refractivity contribution in [3.05, 3.63) is 30.1 Å². The summed E-state index contributed by atoms with van der Waals surface area (Å²) in [6.07, 6.45) is 6.81. The van der Waals surface area contributed by atoms with Gasteiger partial charge in [-0.2, -0.15) is 0 Å². The second-order valence-corrected chi connectivity index (χ2v) is 7.66. The Hall–Kier alpha value is -1.76. The van der Waals surface area contributed by atoms with Gasteiger partial charge in [0.25, 0.3) is 0 Å². The number of thioether (sulfide) groups is 1. The van der Waals surface area contributed by atoms with Crippen LogP contribution in [-0.4, -0.2) is 36.8 Å². The zero-order valence-corrected chi connectivity index (χ0v) is 15.9. The van der Waals surface area contributed by atoms with Gasteiger partial charge in [0.2, 0.25) is 5.91 Å². The second kappa shape index (κ2) is 11.8. The van der Waals surface area contributed by atoms with E-state index in [1.807, 2.05) is 0 Å². The third kappa shape index (κ3) is 8.56. The molecule has 1 aromatic carbocycles. The van der Waals surface area contributed by atoms with E-state index in [0.717, 1.165) is 29.9 Å². The molecular formula is C19H28FN3O2S. The van der Waals surface area contributed by atoms with Crippen LogP contribution < -0.4 is 16.0 Å². The maximum absolute atomic E-state index is 12.8. The van der Waals surface area contributed by atoms with Crippen LogP contribution in [0.5, 0.6) is 0 Å². The van der Waals surface area contributed by atoms with Crippen LogP contribution >= 0.6 is 11.8 Å². The minimum absolute atomic E-state index is 0.0604. The maximum atomic E-state index is 12.8. The van der Waals surface area contributed by atoms with Gasteiger partial charge in [0.15, 0.2) is 0 Å². The quantitative estimate of drug-likeness (QED) is 0.453. The number of benzene rings is 1. The van der Waals surface area contributed by atoms with Crippen molar-refractivity contribution in [1.29, 1.82) is 0 Å². The van der Waals surface area contributed by atoms with Gasteiger partial charge in [0.1, 0.15) is 5.82 Å². The Morgan fingerprint density at radius 2 is 1.77 bits per heavy atom. The summed E-state index contributed by atoms with van der Waals surface area (Å²) >= 11 is 1.64. The van der Waals surface area contributed by atoms with Crippen LogP contribution in [0.2, 0.25) is 0 Å². The highest BCUT2D eigenvalue weighted by Crippen LogP contribution is 2.18. The minimum atomic E-state index is -0.234. The van der Waals surface area contributed by atoms with Gasteiger partial charge in [-0.3, -0.25) is 4.79 Å². The van der Waals surface area contributed by atoms with Crippen molar-refractivity contribution in [3.63, 3.8) is 0 Å². The molecule has 1 aromatic rings. The Balaban J connectivity index is 1.45. The fourth-order valence-corrected chi connectivity index (χ4v) is 3.74. The molecule has 1 aliphatic carbocycles. The maximum Gasteiger partial charge on any atom is 0.315 e. The first-order valence-corrected chi connectivity index (χ1v) is 10.3. The topological polar surface area (TPSA) is 70.2 Å². The van der Waals surface area contributed by atoms with Crippen molar-refractivity contribution in [2.24, 2.45) is 0 Å². The standard InChI is InChI=1S/C19H28FN3O2S/c20-15-7-9-17(10-8-15)26-14-4-12-21-18(24)11-13-22-19(25)23-16-5-2-1-3-6-16/h7-10,16H,1-6,11-14H2,(H,21,24)(H2,22,23,25). The molecule has 0 bridgehead atoms. The van der Waals surface area contributed by atoms with Crippen molar-refractivity contribution in [1.82, 2.24) is 16.0 Å². The van der Waals surface area contributed by atoms with Crippen LogP contribution in [0, 0.1) is 5.82 Å². The summed E-state index contributed by atoms with van der Waals surface area (Å²) in [6.45, 7) is 0.940. The molecule has 2 rings (SSSR count). The third-order valence-electron chi connectivity index (χ3n) is 4.30. The first-order valence-electron chi connectivity index (χ1n) is 9.33. The first-order chi connectivity index (χ1) is 12.6. The number of nitrogens with one attached hydrogen (secondary N) is 3. The minimum Gasteiger partial charge on any atom is -0.356 e. The molecule has 144 valence electrons. The van der Waals surface area contributed by atoms with Crippen LogP contribution in [-0.2, 0) is 4.79 Å². The largest absolute Gasteiger partial charge is 0.356 e. The monoisotopic (exact) mass is 381 g/mol. The lowest BCUT2D eigenvalue weighted by Crippen LogP contribution is -2.43. The van der Waals surface area contributed by atoms with E-state index >= 15 is 0 Å². The zero-order chi connectivity index (χ0) is 18.6. The summed E-state index contributed by atoms with van der Waals surface area (Å²) in [5.74, 6) is 0.561. The molecule has 0 aromatic heterocycles. The van der Waals surface area contributed by atoms with Crippen molar-refractivity contribution < 1.29 is 14.0 Å². The second-order valence-electron chi connectivity index (χ2n) is 6.49. The van der Waals surface area contributed by atoms with Crippen LogP contribution in [0.1, 0.15) is 44.9 Å². The third-order valence-corrected chi connectivity index (χ3v) is 5.40. The summed E-state index contributed by atoms with van der Waals surface area (Å²) in [4.78, 5) is 24.5. The Bertz CT molecular complexity index is 562. The van der Waals surface area contributed by atoms with Crippen molar-refractivity contribution in [3.8, 4) is 0 Å². The molecule has 0 saturated heterocycles. The summed E-state index contributed by atoms with van der Waals surface area (Å²) in [5, 5.41) is 8.56. The predicted octanol–water partition coefficient (Wildman–Crippen LogP) is 3.45. The Labute approximate surface area is 158 Å². The molecule has 0 heterocycles. The highest BCUT2D eigenvalue weighted by atomic mass is 32.2. The number of rotatable bonds is 9. The summed E-state index contributed by atoms with van der Waals surface area (Å²) < 4.78 is 12.8. The van der Waals surface area contributed by atoms with Gasteiger partial charge < -0.3 is 16.0 Å². The highest BCUT2D eigenvalue weighted by molar-refractivity contribution is 7.99. The number of halogens is 1. The van der Waals surface area contributed by atoms with Crippen molar-refractivity contribution in [2.75, 3.05) is 18.8 Å². The van der Waals surface area contributed by atoms with Gasteiger partial charge in [-0.15, -0.1) is 11.8 Å². The SMILES string of the molecule is O=C(CCNC(=O)NC1CCCCC1)NCCCSc1ccc(F)cc1. The predicted molar refractivity (Wildman–Crippen MR) is 103 cm³/mol. The fourth-order valence-electron chi connectivity index (χ4n) is 2.88. The van der Waals surface area contributed by atoms with Crippen LogP contribution in [0.25, 0.3) is 0 Å². The van der Waals surface area contributed by atoms with Gasteiger partial charge >= 0.3 is 6.03 Å². The van der Waals surface area contributed by atoms with Crippen LogP contribution in [0.3, 0.4) is 0 Å². The van der Waals surface area contributed by atoms with Gasteiger partial charge in [-0.25, -0.2) is 9.18 Å². The Kier molecular flexibility index (Phi) is 9.31. The Morgan fingerprint density at radius 3 is 2.50 bits per heavy atom. The molecular weight excluding hydrogens is 353 g/mol. The molecule has 3 amide bonds. The van der Waals surface area contributed by atoms with Gasteiger partial charge in [-0.05, 0) is 49.3 Å². The molecule has 0 unspecified atom stereocenters. The van der Waals surface area contributed by atoms with Gasteiger partial charge in [-0.1, -0.05) is 19.3 Å². The average molecular weight is 382 g/mol. The number of amides is 3. The molecule has 1 aliphatic rings.